The normalized spacial score (nSPS) is 13.2. The molecule has 0 unspecified atom stereocenters. The first kappa shape index (κ1) is 33.8. The maximum Gasteiger partial charge on any atom is 0.164 e. The molecule has 11 aromatic rings. The van der Waals surface area contributed by atoms with Gasteiger partial charge in [0.15, 0.2) is 17.5 Å². The fourth-order valence-electron chi connectivity index (χ4n) is 10.3. The van der Waals surface area contributed by atoms with E-state index < -0.39 is 5.41 Å². The van der Waals surface area contributed by atoms with E-state index >= 15 is 0 Å². The van der Waals surface area contributed by atoms with Gasteiger partial charge in [-0.3, -0.25) is 0 Å². The van der Waals surface area contributed by atoms with Crippen molar-refractivity contribution >= 4 is 32.6 Å². The van der Waals surface area contributed by atoms with Crippen LogP contribution < -0.4 is 4.74 Å². The highest BCUT2D eigenvalue weighted by molar-refractivity contribution is 6.22. The standard InChI is InChI=1S/C56H34N4O/c1-3-18-36(19-4-1)53-57-54(37-20-5-2-6-21-37)59-55(58-53)41-24-15-29-46-50(41)40-34-33-35-17-7-8-22-38(35)52(40)60(46)47-30-16-28-45-51(47)39-23-9-10-25-42(39)56(45)43-26-11-13-31-48(43)61-49-32-14-12-27-44(49)56/h1-34H. The maximum absolute atomic E-state index is 6.67. The molecule has 1 spiro atoms. The molecule has 2 aliphatic rings. The molecule has 0 saturated carbocycles. The van der Waals surface area contributed by atoms with Gasteiger partial charge in [-0.1, -0.05) is 182 Å². The highest BCUT2D eigenvalue weighted by Crippen LogP contribution is 2.63. The van der Waals surface area contributed by atoms with Crippen LogP contribution in [0.15, 0.2) is 206 Å². The molecule has 0 saturated heterocycles. The molecule has 9 aromatic carbocycles. The molecule has 0 N–H and O–H groups in total. The van der Waals surface area contributed by atoms with Gasteiger partial charge in [0.05, 0.1) is 22.1 Å². The molecule has 0 atom stereocenters. The zero-order valence-electron chi connectivity index (χ0n) is 32.8. The second kappa shape index (κ2) is 12.9. The number of fused-ring (bicyclic) bond motifs is 14. The van der Waals surface area contributed by atoms with E-state index in [1.165, 1.54) is 33.0 Å². The molecule has 5 heteroatoms. The van der Waals surface area contributed by atoms with Crippen molar-refractivity contribution in [3.63, 3.8) is 0 Å². The van der Waals surface area contributed by atoms with Crippen molar-refractivity contribution in [2.75, 3.05) is 0 Å². The first-order valence-corrected chi connectivity index (χ1v) is 20.7. The summed E-state index contributed by atoms with van der Waals surface area (Å²) < 4.78 is 9.17. The quantitative estimate of drug-likeness (QED) is 0.179. The maximum atomic E-state index is 6.67. The van der Waals surface area contributed by atoms with E-state index in [4.69, 9.17) is 19.7 Å². The molecule has 284 valence electrons. The van der Waals surface area contributed by atoms with Gasteiger partial charge in [-0.15, -0.1) is 0 Å². The van der Waals surface area contributed by atoms with Crippen LogP contribution in [-0.2, 0) is 5.41 Å². The fraction of sp³-hybridized carbons (Fsp3) is 0.0179. The summed E-state index contributed by atoms with van der Waals surface area (Å²) in [6.45, 7) is 0. The lowest BCUT2D eigenvalue weighted by molar-refractivity contribution is 0.436. The van der Waals surface area contributed by atoms with E-state index in [-0.39, 0.29) is 0 Å². The minimum Gasteiger partial charge on any atom is -0.457 e. The summed E-state index contributed by atoms with van der Waals surface area (Å²) in [4.78, 5) is 15.5. The third-order valence-corrected chi connectivity index (χ3v) is 12.7. The van der Waals surface area contributed by atoms with Crippen LogP contribution in [0.2, 0.25) is 0 Å². The molecular weight excluding hydrogens is 745 g/mol. The lowest BCUT2D eigenvalue weighted by Crippen LogP contribution is -2.32. The van der Waals surface area contributed by atoms with Crippen LogP contribution in [0.5, 0.6) is 11.5 Å². The lowest BCUT2D eigenvalue weighted by Gasteiger charge is -2.39. The average molecular weight is 779 g/mol. The number of aromatic nitrogens is 4. The SMILES string of the molecule is c1ccc(-c2nc(-c3ccccc3)nc(-c3cccc4c3c3ccc5ccccc5c3n4-c3cccc4c3-c3ccccc3C43c4ccccc4Oc4ccccc43)n2)cc1. The van der Waals surface area contributed by atoms with Crippen molar-refractivity contribution in [3.8, 4) is 62.5 Å². The Labute approximate surface area is 351 Å². The van der Waals surface area contributed by atoms with Gasteiger partial charge in [0.2, 0.25) is 0 Å². The minimum absolute atomic E-state index is 0.591. The number of hydrogen-bond donors (Lipinski definition) is 0. The van der Waals surface area contributed by atoms with Crippen LogP contribution >= 0.6 is 0 Å². The van der Waals surface area contributed by atoms with Crippen LogP contribution in [0.4, 0.5) is 0 Å². The summed E-state index contributed by atoms with van der Waals surface area (Å²) in [6.07, 6.45) is 0. The van der Waals surface area contributed by atoms with E-state index in [0.29, 0.717) is 17.5 Å². The van der Waals surface area contributed by atoms with Gasteiger partial charge in [-0.2, -0.15) is 0 Å². The Morgan fingerprint density at radius 3 is 1.67 bits per heavy atom. The van der Waals surface area contributed by atoms with E-state index in [2.05, 4.69) is 174 Å². The van der Waals surface area contributed by atoms with Crippen molar-refractivity contribution in [1.29, 1.82) is 0 Å². The summed E-state index contributed by atoms with van der Waals surface area (Å²) in [5.41, 5.74) is 12.8. The largest absolute Gasteiger partial charge is 0.457 e. The van der Waals surface area contributed by atoms with Crippen LogP contribution in [0.1, 0.15) is 22.3 Å². The van der Waals surface area contributed by atoms with Crippen LogP contribution in [0, 0.1) is 0 Å². The molecule has 0 bridgehead atoms. The number of hydrogen-bond acceptors (Lipinski definition) is 4. The molecule has 5 nitrogen and oxygen atoms in total. The monoisotopic (exact) mass is 778 g/mol. The summed E-state index contributed by atoms with van der Waals surface area (Å²) in [6, 6.07) is 73.1. The molecule has 1 aliphatic carbocycles. The molecule has 0 radical (unpaired) electrons. The van der Waals surface area contributed by atoms with Gasteiger partial charge in [0, 0.05) is 49.5 Å². The third-order valence-electron chi connectivity index (χ3n) is 12.7. The number of benzene rings is 9. The van der Waals surface area contributed by atoms with Crippen molar-refractivity contribution in [2.24, 2.45) is 0 Å². The highest BCUT2D eigenvalue weighted by Gasteiger charge is 2.51. The molecule has 13 rings (SSSR count). The van der Waals surface area contributed by atoms with Crippen LogP contribution in [0.3, 0.4) is 0 Å². The second-order valence-electron chi connectivity index (χ2n) is 15.8. The third kappa shape index (κ3) is 4.74. The van der Waals surface area contributed by atoms with Crippen molar-refractivity contribution in [1.82, 2.24) is 19.5 Å². The Bertz CT molecular complexity index is 3470. The fourth-order valence-corrected chi connectivity index (χ4v) is 10.3. The molecule has 0 fully saturated rings. The van der Waals surface area contributed by atoms with E-state index in [1.807, 2.05) is 36.4 Å². The van der Waals surface area contributed by atoms with Gasteiger partial charge in [-0.25, -0.2) is 15.0 Å². The van der Waals surface area contributed by atoms with Gasteiger partial charge in [-0.05, 0) is 46.3 Å². The van der Waals surface area contributed by atoms with Crippen molar-refractivity contribution in [2.45, 2.75) is 5.41 Å². The van der Waals surface area contributed by atoms with E-state index in [1.54, 1.807) is 0 Å². The van der Waals surface area contributed by atoms with Crippen LogP contribution in [0.25, 0.3) is 83.6 Å². The first-order valence-electron chi connectivity index (χ1n) is 20.7. The summed E-state index contributed by atoms with van der Waals surface area (Å²) >= 11 is 0. The van der Waals surface area contributed by atoms with Gasteiger partial charge >= 0.3 is 0 Å². The molecule has 1 aliphatic heterocycles. The minimum atomic E-state index is -0.591. The zero-order chi connectivity index (χ0) is 40.1. The Balaban J connectivity index is 1.15. The summed E-state index contributed by atoms with van der Waals surface area (Å²) in [7, 11) is 0. The molecular formula is C56H34N4O. The Hall–Kier alpha value is -8.15. The van der Waals surface area contributed by atoms with Gasteiger partial charge in [0.25, 0.3) is 0 Å². The van der Waals surface area contributed by atoms with Gasteiger partial charge < -0.3 is 9.30 Å². The predicted octanol–water partition coefficient (Wildman–Crippen LogP) is 13.6. The van der Waals surface area contributed by atoms with Crippen molar-refractivity contribution < 1.29 is 4.74 Å². The van der Waals surface area contributed by atoms with Gasteiger partial charge in [0.1, 0.15) is 11.5 Å². The number of rotatable bonds is 4. The molecule has 3 heterocycles. The number of ether oxygens (including phenoxy) is 1. The second-order valence-corrected chi connectivity index (χ2v) is 15.8. The molecule has 2 aromatic heterocycles. The Kier molecular flexibility index (Phi) is 7.16. The number of nitrogens with zero attached hydrogens (tertiary/aromatic N) is 4. The summed E-state index contributed by atoms with van der Waals surface area (Å²) in [5.74, 6) is 3.65. The predicted molar refractivity (Wildman–Crippen MR) is 245 cm³/mol. The Morgan fingerprint density at radius 1 is 0.393 bits per heavy atom. The van der Waals surface area contributed by atoms with Crippen molar-refractivity contribution in [3.05, 3.63) is 229 Å². The van der Waals surface area contributed by atoms with E-state index in [0.717, 1.165) is 66.8 Å². The molecule has 61 heavy (non-hydrogen) atoms. The smallest absolute Gasteiger partial charge is 0.164 e. The van der Waals surface area contributed by atoms with E-state index in [9.17, 15) is 0 Å². The van der Waals surface area contributed by atoms with Crippen LogP contribution in [-0.4, -0.2) is 19.5 Å². The zero-order valence-corrected chi connectivity index (χ0v) is 32.8. The lowest BCUT2D eigenvalue weighted by atomic mass is 9.66. The highest BCUT2D eigenvalue weighted by atomic mass is 16.5. The topological polar surface area (TPSA) is 52.8 Å². The average Bonchev–Trinajstić information content (AvgIpc) is 3.83. The first-order chi connectivity index (χ1) is 30.3. The Morgan fingerprint density at radius 2 is 0.951 bits per heavy atom. The number of para-hydroxylation sites is 2. The molecule has 0 amide bonds. The summed E-state index contributed by atoms with van der Waals surface area (Å²) in [5, 5.41) is 4.57.